The number of ether oxygens (including phenoxy) is 1. The third kappa shape index (κ3) is 1.82. The molecule has 0 bridgehead atoms. The van der Waals surface area contributed by atoms with E-state index >= 15 is 0 Å². The normalized spacial score (nSPS) is 17.6. The molecule has 2 heterocycles. The summed E-state index contributed by atoms with van der Waals surface area (Å²) in [5.41, 5.74) is 1.08. The summed E-state index contributed by atoms with van der Waals surface area (Å²) in [7, 11) is 0. The van der Waals surface area contributed by atoms with E-state index in [9.17, 15) is 0 Å². The lowest BCUT2D eigenvalue weighted by molar-refractivity contribution is 0.272. The molecule has 1 aromatic heterocycles. The molecule has 90 valence electrons. The summed E-state index contributed by atoms with van der Waals surface area (Å²) in [6.45, 7) is 0.643. The van der Waals surface area contributed by atoms with Gasteiger partial charge in [-0.3, -0.25) is 0 Å². The Morgan fingerprint density at radius 1 is 1.39 bits per heavy atom. The Labute approximate surface area is 104 Å². The molecule has 0 saturated carbocycles. The van der Waals surface area contributed by atoms with Crippen LogP contribution in [0.5, 0.6) is 5.75 Å². The van der Waals surface area contributed by atoms with Crippen LogP contribution < -0.4 is 4.74 Å². The molecule has 3 rings (SSSR count). The molecule has 1 aliphatic rings. The molecule has 1 atom stereocenters. The first-order valence-electron chi connectivity index (χ1n) is 5.79. The molecule has 1 aromatic carbocycles. The highest BCUT2D eigenvalue weighted by Gasteiger charge is 2.26. The van der Waals surface area contributed by atoms with E-state index in [2.05, 4.69) is 10.1 Å². The molecule has 18 heavy (non-hydrogen) atoms. The van der Waals surface area contributed by atoms with Gasteiger partial charge in [0, 0.05) is 5.56 Å². The number of nitriles is 1. The van der Waals surface area contributed by atoms with Crippen LogP contribution >= 0.6 is 0 Å². The lowest BCUT2D eigenvalue weighted by Gasteiger charge is -2.23. The van der Waals surface area contributed by atoms with Gasteiger partial charge in [-0.05, 0) is 12.5 Å². The average Bonchev–Trinajstić information content (AvgIpc) is 2.87. The van der Waals surface area contributed by atoms with Crippen molar-refractivity contribution in [2.45, 2.75) is 18.8 Å². The van der Waals surface area contributed by atoms with Gasteiger partial charge in [-0.15, -0.1) is 0 Å². The first kappa shape index (κ1) is 10.8. The summed E-state index contributed by atoms with van der Waals surface area (Å²) >= 11 is 0. The van der Waals surface area contributed by atoms with E-state index in [1.54, 1.807) is 0 Å². The number of para-hydroxylation sites is 1. The van der Waals surface area contributed by atoms with Crippen molar-refractivity contribution in [3.8, 4) is 11.8 Å². The number of nitrogens with zero attached hydrogens (tertiary/aromatic N) is 3. The molecule has 5 heteroatoms. The summed E-state index contributed by atoms with van der Waals surface area (Å²) in [5.74, 6) is 1.97. The fraction of sp³-hybridized carbons (Fsp3) is 0.308. The van der Waals surface area contributed by atoms with E-state index in [0.29, 0.717) is 18.3 Å². The average molecular weight is 241 g/mol. The van der Waals surface area contributed by atoms with Crippen LogP contribution in [-0.2, 0) is 6.42 Å². The van der Waals surface area contributed by atoms with Gasteiger partial charge in [-0.25, -0.2) is 0 Å². The summed E-state index contributed by atoms with van der Waals surface area (Å²) in [5, 5.41) is 12.6. The number of aromatic nitrogens is 2. The van der Waals surface area contributed by atoms with Gasteiger partial charge in [-0.1, -0.05) is 23.4 Å². The van der Waals surface area contributed by atoms with E-state index in [-0.39, 0.29) is 12.3 Å². The van der Waals surface area contributed by atoms with E-state index in [1.807, 2.05) is 30.3 Å². The van der Waals surface area contributed by atoms with Gasteiger partial charge >= 0.3 is 0 Å². The predicted octanol–water partition coefficient (Wildman–Crippen LogP) is 2.05. The lowest BCUT2D eigenvalue weighted by atomic mass is 9.92. The lowest BCUT2D eigenvalue weighted by Crippen LogP contribution is -2.16. The van der Waals surface area contributed by atoms with Crippen LogP contribution in [0.2, 0.25) is 0 Å². The molecular formula is C13H11N3O2. The molecule has 0 aliphatic carbocycles. The molecule has 5 nitrogen and oxygen atoms in total. The van der Waals surface area contributed by atoms with Crippen LogP contribution in [0.4, 0.5) is 0 Å². The maximum absolute atomic E-state index is 8.60. The molecule has 0 fully saturated rings. The summed E-state index contributed by atoms with van der Waals surface area (Å²) < 4.78 is 10.6. The van der Waals surface area contributed by atoms with Crippen LogP contribution in [0.3, 0.4) is 0 Å². The molecule has 0 saturated heterocycles. The van der Waals surface area contributed by atoms with Crippen molar-refractivity contribution in [2.75, 3.05) is 6.61 Å². The van der Waals surface area contributed by atoms with E-state index in [0.717, 1.165) is 17.7 Å². The first-order chi connectivity index (χ1) is 8.88. The van der Waals surface area contributed by atoms with Crippen LogP contribution in [0.1, 0.15) is 29.6 Å². The molecular weight excluding hydrogens is 230 g/mol. The fourth-order valence-electron chi connectivity index (χ4n) is 2.16. The second-order valence-electron chi connectivity index (χ2n) is 4.11. The molecule has 0 N–H and O–H groups in total. The highest BCUT2D eigenvalue weighted by atomic mass is 16.5. The van der Waals surface area contributed by atoms with E-state index in [4.69, 9.17) is 14.5 Å². The van der Waals surface area contributed by atoms with E-state index in [1.165, 1.54) is 0 Å². The number of rotatable bonds is 2. The Morgan fingerprint density at radius 2 is 2.28 bits per heavy atom. The zero-order valence-electron chi connectivity index (χ0n) is 9.67. The highest BCUT2D eigenvalue weighted by Crippen LogP contribution is 2.36. The van der Waals surface area contributed by atoms with Crippen molar-refractivity contribution in [1.82, 2.24) is 10.1 Å². The van der Waals surface area contributed by atoms with Gasteiger partial charge < -0.3 is 9.26 Å². The predicted molar refractivity (Wildman–Crippen MR) is 62.0 cm³/mol. The van der Waals surface area contributed by atoms with Crippen LogP contribution in [0.25, 0.3) is 0 Å². The van der Waals surface area contributed by atoms with Crippen molar-refractivity contribution in [3.63, 3.8) is 0 Å². The van der Waals surface area contributed by atoms with Gasteiger partial charge in [0.15, 0.2) is 5.82 Å². The fourth-order valence-corrected chi connectivity index (χ4v) is 2.16. The van der Waals surface area contributed by atoms with Gasteiger partial charge in [0.2, 0.25) is 5.89 Å². The number of fused-ring (bicyclic) bond motifs is 1. The number of hydrogen-bond donors (Lipinski definition) is 0. The minimum absolute atomic E-state index is 0.0890. The van der Waals surface area contributed by atoms with Gasteiger partial charge in [-0.2, -0.15) is 10.2 Å². The smallest absolute Gasteiger partial charge is 0.240 e. The number of hydrogen-bond acceptors (Lipinski definition) is 5. The maximum atomic E-state index is 8.60. The third-order valence-corrected chi connectivity index (χ3v) is 2.98. The molecule has 0 spiro atoms. The molecule has 2 aromatic rings. The van der Waals surface area contributed by atoms with Crippen LogP contribution in [-0.4, -0.2) is 16.7 Å². The quantitative estimate of drug-likeness (QED) is 0.804. The summed E-state index contributed by atoms with van der Waals surface area (Å²) in [6, 6.07) is 9.87. The van der Waals surface area contributed by atoms with Gasteiger partial charge in [0.25, 0.3) is 0 Å². The Balaban J connectivity index is 1.95. The van der Waals surface area contributed by atoms with Gasteiger partial charge in [0.1, 0.15) is 12.2 Å². The Morgan fingerprint density at radius 3 is 3.17 bits per heavy atom. The Hall–Kier alpha value is -2.35. The van der Waals surface area contributed by atoms with Crippen molar-refractivity contribution in [2.24, 2.45) is 0 Å². The van der Waals surface area contributed by atoms with Crippen LogP contribution in [0, 0.1) is 11.3 Å². The highest BCUT2D eigenvalue weighted by molar-refractivity contribution is 5.40. The molecule has 1 aliphatic heterocycles. The molecule has 1 unspecified atom stereocenters. The minimum Gasteiger partial charge on any atom is -0.493 e. The standard InChI is InChI=1S/C13H11N3O2/c14-7-5-12-15-13(16-18-12)10-6-8-17-11-4-2-1-3-9(10)11/h1-4,10H,5-6,8H2. The number of benzene rings is 1. The second kappa shape index (κ2) is 4.49. The van der Waals surface area contributed by atoms with Crippen LogP contribution in [0.15, 0.2) is 28.8 Å². The summed E-state index contributed by atoms with van der Waals surface area (Å²) in [4.78, 5) is 4.27. The van der Waals surface area contributed by atoms with Gasteiger partial charge in [0.05, 0.1) is 18.6 Å². The summed E-state index contributed by atoms with van der Waals surface area (Å²) in [6.07, 6.45) is 0.973. The van der Waals surface area contributed by atoms with Crippen molar-refractivity contribution in [1.29, 1.82) is 5.26 Å². The molecule has 0 radical (unpaired) electrons. The molecule has 0 amide bonds. The third-order valence-electron chi connectivity index (χ3n) is 2.98. The second-order valence-corrected chi connectivity index (χ2v) is 4.11. The SMILES string of the molecule is N#CCc1nc(C2CCOc3ccccc32)no1. The largest absolute Gasteiger partial charge is 0.493 e. The van der Waals surface area contributed by atoms with E-state index < -0.39 is 0 Å². The first-order valence-corrected chi connectivity index (χ1v) is 5.79. The monoisotopic (exact) mass is 241 g/mol. The Kier molecular flexibility index (Phi) is 2.69. The van der Waals surface area contributed by atoms with Crippen molar-refractivity contribution >= 4 is 0 Å². The zero-order valence-corrected chi connectivity index (χ0v) is 9.67. The van der Waals surface area contributed by atoms with Crippen molar-refractivity contribution < 1.29 is 9.26 Å². The topological polar surface area (TPSA) is 71.9 Å². The minimum atomic E-state index is 0.0890. The van der Waals surface area contributed by atoms with Crippen molar-refractivity contribution in [3.05, 3.63) is 41.5 Å². The Bertz CT molecular complexity index is 600. The zero-order chi connectivity index (χ0) is 12.4. The maximum Gasteiger partial charge on any atom is 0.240 e.